The lowest BCUT2D eigenvalue weighted by Gasteiger charge is -2.25. The number of hydrogen-bond acceptors (Lipinski definition) is 4. The van der Waals surface area contributed by atoms with Crippen molar-refractivity contribution in [3.8, 4) is 11.5 Å². The molecule has 0 bridgehead atoms. The number of benzene rings is 3. The summed E-state index contributed by atoms with van der Waals surface area (Å²) < 4.78 is 12.3. The lowest BCUT2D eigenvalue weighted by molar-refractivity contribution is 0.285. The van der Waals surface area contributed by atoms with Crippen molar-refractivity contribution >= 4 is 5.69 Å². The lowest BCUT2D eigenvalue weighted by Crippen LogP contribution is -2.27. The van der Waals surface area contributed by atoms with E-state index in [1.807, 2.05) is 18.2 Å². The van der Waals surface area contributed by atoms with E-state index in [0.29, 0.717) is 6.61 Å². The molecule has 1 heterocycles. The third-order valence-corrected chi connectivity index (χ3v) is 6.75. The molecule has 0 radical (unpaired) electrons. The molecule has 190 valence electrons. The minimum absolute atomic E-state index is 0.578. The molecule has 3 aromatic carbocycles. The molecule has 4 heteroatoms. The fraction of sp³-hybridized carbons (Fsp3) is 0.375. The van der Waals surface area contributed by atoms with Gasteiger partial charge in [0.15, 0.2) is 0 Å². The molecule has 0 aliphatic carbocycles. The van der Waals surface area contributed by atoms with Gasteiger partial charge in [0, 0.05) is 24.6 Å². The van der Waals surface area contributed by atoms with Gasteiger partial charge in [-0.2, -0.15) is 0 Å². The second kappa shape index (κ2) is 12.0. The molecule has 0 aromatic heterocycles. The number of ether oxygens (including phenoxy) is 2. The summed E-state index contributed by atoms with van der Waals surface area (Å²) in [7, 11) is 0. The van der Waals surface area contributed by atoms with Gasteiger partial charge in [-0.05, 0) is 86.9 Å². The maximum atomic E-state index is 6.27. The molecule has 3 aromatic rings. The maximum absolute atomic E-state index is 6.27. The zero-order valence-corrected chi connectivity index (χ0v) is 22.5. The van der Waals surface area contributed by atoms with Gasteiger partial charge in [0.1, 0.15) is 18.1 Å². The molecule has 0 spiro atoms. The van der Waals surface area contributed by atoms with Crippen LogP contribution in [0.25, 0.3) is 0 Å². The largest absolute Gasteiger partial charge is 0.493 e. The van der Waals surface area contributed by atoms with E-state index in [-0.39, 0.29) is 0 Å². The van der Waals surface area contributed by atoms with Gasteiger partial charge in [-0.3, -0.25) is 0 Å². The fourth-order valence-electron chi connectivity index (χ4n) is 5.08. The van der Waals surface area contributed by atoms with Crippen molar-refractivity contribution in [2.45, 2.75) is 60.5 Å². The molecular formula is C32H40N2O2. The van der Waals surface area contributed by atoms with Crippen molar-refractivity contribution in [3.63, 3.8) is 0 Å². The fourth-order valence-corrected chi connectivity index (χ4v) is 5.08. The second-order valence-corrected chi connectivity index (χ2v) is 9.88. The predicted molar refractivity (Wildman–Crippen MR) is 150 cm³/mol. The maximum Gasteiger partial charge on any atom is 0.125 e. The Bertz CT molecular complexity index is 1160. The summed E-state index contributed by atoms with van der Waals surface area (Å²) >= 11 is 0. The molecule has 4 nitrogen and oxygen atoms in total. The predicted octanol–water partition coefficient (Wildman–Crippen LogP) is 7.47. The van der Waals surface area contributed by atoms with E-state index in [4.69, 9.17) is 9.47 Å². The summed E-state index contributed by atoms with van der Waals surface area (Å²) in [6.07, 6.45) is 7.47. The summed E-state index contributed by atoms with van der Waals surface area (Å²) in [5, 5.41) is 0. The van der Waals surface area contributed by atoms with Crippen LogP contribution in [0.5, 0.6) is 11.5 Å². The van der Waals surface area contributed by atoms with E-state index in [1.165, 1.54) is 33.5 Å². The molecule has 0 atom stereocenters. The van der Waals surface area contributed by atoms with Crippen LogP contribution >= 0.6 is 0 Å². The molecule has 0 unspecified atom stereocenters. The van der Waals surface area contributed by atoms with Gasteiger partial charge < -0.3 is 19.3 Å². The topological polar surface area (TPSA) is 24.9 Å². The zero-order valence-electron chi connectivity index (χ0n) is 22.5. The van der Waals surface area contributed by atoms with Gasteiger partial charge >= 0.3 is 0 Å². The van der Waals surface area contributed by atoms with Crippen LogP contribution in [-0.4, -0.2) is 24.7 Å². The summed E-state index contributed by atoms with van der Waals surface area (Å²) in [6.45, 7) is 14.1. The number of aryl methyl sites for hydroxylation is 5. The van der Waals surface area contributed by atoms with Crippen LogP contribution in [0.15, 0.2) is 67.0 Å². The van der Waals surface area contributed by atoms with Gasteiger partial charge in [0.05, 0.1) is 13.3 Å². The smallest absolute Gasteiger partial charge is 0.125 e. The van der Waals surface area contributed by atoms with Gasteiger partial charge in [0.25, 0.3) is 0 Å². The van der Waals surface area contributed by atoms with Crippen molar-refractivity contribution in [1.82, 2.24) is 4.90 Å². The summed E-state index contributed by atoms with van der Waals surface area (Å²) in [5.41, 5.74) is 8.86. The molecule has 1 aliphatic heterocycles. The molecular weight excluding hydrogens is 444 g/mol. The molecule has 0 saturated heterocycles. The van der Waals surface area contributed by atoms with Crippen molar-refractivity contribution < 1.29 is 9.47 Å². The number of hydrogen-bond donors (Lipinski definition) is 0. The van der Waals surface area contributed by atoms with E-state index in [2.05, 4.69) is 93.2 Å². The molecule has 0 saturated carbocycles. The minimum atomic E-state index is 0.578. The Kier molecular flexibility index (Phi) is 8.58. The quantitative estimate of drug-likeness (QED) is 0.264. The van der Waals surface area contributed by atoms with Crippen LogP contribution in [0.2, 0.25) is 0 Å². The van der Waals surface area contributed by atoms with Crippen LogP contribution in [0.1, 0.15) is 53.1 Å². The number of unbranched alkanes of at least 4 members (excludes halogenated alkanes) is 1. The van der Waals surface area contributed by atoms with E-state index in [9.17, 15) is 0 Å². The lowest BCUT2D eigenvalue weighted by atomic mass is 10.0. The first-order chi connectivity index (χ1) is 17.4. The van der Waals surface area contributed by atoms with E-state index >= 15 is 0 Å². The van der Waals surface area contributed by atoms with Crippen LogP contribution in [0.4, 0.5) is 5.69 Å². The Morgan fingerprint density at radius 3 is 2.28 bits per heavy atom. The standard InChI is InChI=1S/C32H40N2O2/c1-6-29-21-30(36-22-28-12-8-7-9-13-28)20-27(5)32(29)35-17-11-10-14-33-15-16-34(23-33)31-25(3)18-24(2)19-26(31)4/h7-9,12-13,15-16,18-21H,6,10-11,14,17,22-23H2,1-5H3. The van der Waals surface area contributed by atoms with E-state index in [1.54, 1.807) is 0 Å². The molecule has 1 aliphatic rings. The van der Waals surface area contributed by atoms with Gasteiger partial charge in [0.2, 0.25) is 0 Å². The highest BCUT2D eigenvalue weighted by Crippen LogP contribution is 2.31. The molecule has 0 amide bonds. The third kappa shape index (κ3) is 6.42. The SMILES string of the molecule is CCc1cc(OCc2ccccc2)cc(C)c1OCCCCN1C=CN(c2c(C)cc(C)cc2C)C1. The van der Waals surface area contributed by atoms with Crippen molar-refractivity contribution in [2.24, 2.45) is 0 Å². The highest BCUT2D eigenvalue weighted by Gasteiger charge is 2.17. The normalized spacial score (nSPS) is 12.9. The first-order valence-electron chi connectivity index (χ1n) is 13.1. The van der Waals surface area contributed by atoms with Gasteiger partial charge in [-0.25, -0.2) is 0 Å². The Hall–Kier alpha value is -3.40. The van der Waals surface area contributed by atoms with Crippen LogP contribution in [-0.2, 0) is 13.0 Å². The highest BCUT2D eigenvalue weighted by molar-refractivity contribution is 5.62. The number of nitrogens with zero attached hydrogens (tertiary/aromatic N) is 2. The minimum Gasteiger partial charge on any atom is -0.493 e. The van der Waals surface area contributed by atoms with Crippen LogP contribution in [0.3, 0.4) is 0 Å². The zero-order chi connectivity index (χ0) is 25.5. The Labute approximate surface area is 217 Å². The van der Waals surface area contributed by atoms with Crippen molar-refractivity contribution in [1.29, 1.82) is 0 Å². The first kappa shape index (κ1) is 25.7. The van der Waals surface area contributed by atoms with Gasteiger partial charge in [-0.1, -0.05) is 55.0 Å². The van der Waals surface area contributed by atoms with E-state index < -0.39 is 0 Å². The average molecular weight is 485 g/mol. The van der Waals surface area contributed by atoms with E-state index in [0.717, 1.165) is 56.1 Å². The average Bonchev–Trinajstić information content (AvgIpc) is 3.31. The van der Waals surface area contributed by atoms with Crippen LogP contribution in [0, 0.1) is 27.7 Å². The van der Waals surface area contributed by atoms with Crippen molar-refractivity contribution in [2.75, 3.05) is 24.7 Å². The molecule has 0 N–H and O–H groups in total. The Morgan fingerprint density at radius 1 is 0.806 bits per heavy atom. The summed E-state index contributed by atoms with van der Waals surface area (Å²) in [6, 6.07) is 19.0. The van der Waals surface area contributed by atoms with Crippen molar-refractivity contribution in [3.05, 3.63) is 100 Å². The monoisotopic (exact) mass is 484 g/mol. The highest BCUT2D eigenvalue weighted by atomic mass is 16.5. The second-order valence-electron chi connectivity index (χ2n) is 9.88. The molecule has 36 heavy (non-hydrogen) atoms. The Morgan fingerprint density at radius 2 is 1.56 bits per heavy atom. The third-order valence-electron chi connectivity index (χ3n) is 6.75. The van der Waals surface area contributed by atoms with Gasteiger partial charge in [-0.15, -0.1) is 0 Å². The summed E-state index contributed by atoms with van der Waals surface area (Å²) in [4.78, 5) is 4.75. The number of rotatable bonds is 11. The molecule has 4 rings (SSSR count). The number of anilines is 1. The van der Waals surface area contributed by atoms with Crippen LogP contribution < -0.4 is 14.4 Å². The summed E-state index contributed by atoms with van der Waals surface area (Å²) in [5.74, 6) is 1.92. The Balaban J connectivity index is 1.23. The molecule has 0 fully saturated rings. The first-order valence-corrected chi connectivity index (χ1v) is 13.1.